The lowest BCUT2D eigenvalue weighted by atomic mass is 9.95. The minimum Gasteiger partial charge on any atom is -0.443 e. The first kappa shape index (κ1) is 23.9. The minimum absolute atomic E-state index is 0.495. The second kappa shape index (κ2) is 9.21. The number of hydrogen-bond acceptors (Lipinski definition) is 8. The van der Waals surface area contributed by atoms with Crippen molar-refractivity contribution in [1.82, 2.24) is 14.8 Å². The summed E-state index contributed by atoms with van der Waals surface area (Å²) in [5.41, 5.74) is 2.11. The van der Waals surface area contributed by atoms with Crippen LogP contribution in [0, 0.1) is 11.8 Å². The number of carbonyl (C=O) groups is 1. The highest BCUT2D eigenvalue weighted by molar-refractivity contribution is 5.89. The van der Waals surface area contributed by atoms with Gasteiger partial charge in [0.05, 0.1) is 23.9 Å². The maximum absolute atomic E-state index is 12.4. The average molecular weight is 469 g/mol. The number of hydrogen-bond donors (Lipinski definition) is 5. The lowest BCUT2D eigenvalue weighted by molar-refractivity contribution is -0.214. The van der Waals surface area contributed by atoms with E-state index >= 15 is 0 Å². The van der Waals surface area contributed by atoms with Crippen LogP contribution in [0.2, 0.25) is 0 Å². The molecular weight excluding hydrogens is 442 g/mol. The van der Waals surface area contributed by atoms with Gasteiger partial charge < -0.3 is 29.9 Å². The van der Waals surface area contributed by atoms with Gasteiger partial charge in [0.25, 0.3) is 0 Å². The molecule has 0 amide bonds. The largest absolute Gasteiger partial charge is 0.443 e. The summed E-state index contributed by atoms with van der Waals surface area (Å²) < 4.78 is 12.2. The zero-order valence-corrected chi connectivity index (χ0v) is 19.0. The summed E-state index contributed by atoms with van der Waals surface area (Å²) in [6, 6.07) is 5.47. The molecule has 1 aliphatic rings. The second-order valence-electron chi connectivity index (χ2n) is 9.16. The Morgan fingerprint density at radius 2 is 1.97 bits per heavy atom. The van der Waals surface area contributed by atoms with Crippen LogP contribution in [0.5, 0.6) is 0 Å². The number of benzene rings is 1. The predicted octanol–water partition coefficient (Wildman–Crippen LogP) is 1.01. The van der Waals surface area contributed by atoms with Crippen molar-refractivity contribution in [2.75, 3.05) is 6.61 Å². The fourth-order valence-corrected chi connectivity index (χ4v) is 3.69. The molecule has 0 saturated carbocycles. The summed E-state index contributed by atoms with van der Waals surface area (Å²) >= 11 is 0. The van der Waals surface area contributed by atoms with Crippen molar-refractivity contribution in [2.24, 2.45) is 0 Å². The van der Waals surface area contributed by atoms with Crippen LogP contribution in [-0.2, 0) is 9.47 Å². The summed E-state index contributed by atoms with van der Waals surface area (Å²) in [4.78, 5) is 12.4. The van der Waals surface area contributed by atoms with Crippen molar-refractivity contribution >= 4 is 17.0 Å². The van der Waals surface area contributed by atoms with Gasteiger partial charge in [-0.1, -0.05) is 11.8 Å². The number of nitrogens with zero attached hydrogens (tertiary/aromatic N) is 2. The summed E-state index contributed by atoms with van der Waals surface area (Å²) in [5.74, 6) is 5.73. The Kier molecular flexibility index (Phi) is 6.49. The van der Waals surface area contributed by atoms with E-state index in [4.69, 9.17) is 9.47 Å². The fourth-order valence-electron chi connectivity index (χ4n) is 3.69. The van der Waals surface area contributed by atoms with Gasteiger partial charge in [0, 0.05) is 23.3 Å². The maximum atomic E-state index is 12.4. The first-order valence-corrected chi connectivity index (χ1v) is 10.8. The molecule has 0 unspecified atom stereocenters. The van der Waals surface area contributed by atoms with E-state index in [1.54, 1.807) is 51.5 Å². The van der Waals surface area contributed by atoms with Crippen molar-refractivity contribution in [1.29, 1.82) is 0 Å². The first-order chi connectivity index (χ1) is 16.1. The van der Waals surface area contributed by atoms with Crippen LogP contribution >= 0.6 is 0 Å². The molecule has 0 aliphatic carbocycles. The zero-order chi connectivity index (χ0) is 24.6. The topological polar surface area (TPSA) is 150 Å². The van der Waals surface area contributed by atoms with Gasteiger partial charge in [0.15, 0.2) is 0 Å². The number of aromatic nitrogens is 3. The molecule has 1 aliphatic heterocycles. The molecular formula is C24H27N3O7. The van der Waals surface area contributed by atoms with E-state index in [1.807, 2.05) is 6.07 Å². The van der Waals surface area contributed by atoms with E-state index in [0.29, 0.717) is 11.1 Å². The number of rotatable bonds is 2. The number of ether oxygens (including phenoxy) is 2. The molecule has 1 fully saturated rings. The molecule has 0 radical (unpaired) electrons. The molecule has 1 saturated heterocycles. The van der Waals surface area contributed by atoms with Crippen molar-refractivity contribution in [3.63, 3.8) is 0 Å². The Bertz CT molecular complexity index is 1240. The molecule has 5 atom stereocenters. The molecule has 180 valence electrons. The molecule has 3 aromatic rings. The summed E-state index contributed by atoms with van der Waals surface area (Å²) in [6.45, 7) is 4.85. The third kappa shape index (κ3) is 4.84. The Morgan fingerprint density at radius 1 is 1.21 bits per heavy atom. The van der Waals surface area contributed by atoms with Crippen LogP contribution in [0.15, 0.2) is 36.8 Å². The van der Waals surface area contributed by atoms with E-state index in [0.717, 1.165) is 16.5 Å². The van der Waals surface area contributed by atoms with Crippen molar-refractivity contribution in [3.8, 4) is 23.0 Å². The van der Waals surface area contributed by atoms with Gasteiger partial charge in [-0.3, -0.25) is 9.67 Å². The fraction of sp³-hybridized carbons (Fsp3) is 0.417. The Labute approximate surface area is 195 Å². The van der Waals surface area contributed by atoms with Gasteiger partial charge >= 0.3 is 6.09 Å². The predicted molar refractivity (Wildman–Crippen MR) is 122 cm³/mol. The van der Waals surface area contributed by atoms with E-state index in [1.165, 1.54) is 4.57 Å². The van der Waals surface area contributed by atoms with Crippen LogP contribution < -0.4 is 0 Å². The minimum atomic E-state index is -1.50. The van der Waals surface area contributed by atoms with Gasteiger partial charge in [0.1, 0.15) is 36.1 Å². The molecule has 34 heavy (non-hydrogen) atoms. The molecule has 3 heterocycles. The lowest BCUT2D eigenvalue weighted by Gasteiger charge is -2.37. The van der Waals surface area contributed by atoms with Gasteiger partial charge in [0.2, 0.25) is 0 Å². The van der Waals surface area contributed by atoms with Gasteiger partial charge in [-0.15, -0.1) is 0 Å². The van der Waals surface area contributed by atoms with Crippen LogP contribution in [-0.4, -0.2) is 84.0 Å². The SMILES string of the molecule is CC(C)(C)OC(=O)n1ccc(-c2cc(C#C[C@H]3O[C@H](CO)[C@@H](O)[C@H](O)[C@@H]3O)c3[nH]ncc3c2)c1. The highest BCUT2D eigenvalue weighted by Gasteiger charge is 2.42. The Hall–Kier alpha value is -3.20. The molecule has 2 aromatic heterocycles. The number of aliphatic hydroxyl groups excluding tert-OH is 4. The van der Waals surface area contributed by atoms with Gasteiger partial charge in [-0.25, -0.2) is 4.79 Å². The normalized spacial score (nSPS) is 25.1. The van der Waals surface area contributed by atoms with Crippen LogP contribution in [0.25, 0.3) is 22.0 Å². The summed E-state index contributed by atoms with van der Waals surface area (Å²) in [5, 5.41) is 47.3. The van der Waals surface area contributed by atoms with Gasteiger partial charge in [-0.2, -0.15) is 5.10 Å². The molecule has 0 spiro atoms. The highest BCUT2D eigenvalue weighted by Crippen LogP contribution is 2.27. The molecule has 10 nitrogen and oxygen atoms in total. The second-order valence-corrected chi connectivity index (χ2v) is 9.16. The molecule has 10 heteroatoms. The lowest BCUT2D eigenvalue weighted by Crippen LogP contribution is -2.58. The third-order valence-electron chi connectivity index (χ3n) is 5.42. The average Bonchev–Trinajstić information content (AvgIpc) is 3.45. The Morgan fingerprint density at radius 3 is 2.68 bits per heavy atom. The number of aliphatic hydroxyl groups is 4. The number of fused-ring (bicyclic) bond motifs is 1. The maximum Gasteiger partial charge on any atom is 0.418 e. The van der Waals surface area contributed by atoms with Gasteiger partial charge in [-0.05, 0) is 44.5 Å². The molecule has 4 rings (SSSR count). The number of carbonyl (C=O) groups excluding carboxylic acids is 1. The summed E-state index contributed by atoms with van der Waals surface area (Å²) in [7, 11) is 0. The van der Waals surface area contributed by atoms with E-state index in [2.05, 4.69) is 22.0 Å². The van der Waals surface area contributed by atoms with Crippen molar-refractivity contribution in [3.05, 3.63) is 42.4 Å². The quantitative estimate of drug-likeness (QED) is 0.349. The van der Waals surface area contributed by atoms with E-state index < -0.39 is 48.8 Å². The molecule has 1 aromatic carbocycles. The number of H-pyrrole nitrogens is 1. The van der Waals surface area contributed by atoms with Crippen molar-refractivity contribution in [2.45, 2.75) is 56.9 Å². The van der Waals surface area contributed by atoms with Crippen LogP contribution in [0.1, 0.15) is 26.3 Å². The molecule has 5 N–H and O–H groups in total. The number of nitrogens with one attached hydrogen (secondary N) is 1. The third-order valence-corrected chi connectivity index (χ3v) is 5.42. The molecule has 0 bridgehead atoms. The first-order valence-electron chi connectivity index (χ1n) is 10.8. The van der Waals surface area contributed by atoms with Crippen LogP contribution in [0.3, 0.4) is 0 Å². The Balaban J connectivity index is 1.66. The van der Waals surface area contributed by atoms with E-state index in [9.17, 15) is 25.2 Å². The highest BCUT2D eigenvalue weighted by atomic mass is 16.6. The van der Waals surface area contributed by atoms with E-state index in [-0.39, 0.29) is 0 Å². The smallest absolute Gasteiger partial charge is 0.418 e. The monoisotopic (exact) mass is 469 g/mol. The number of aromatic amines is 1. The zero-order valence-electron chi connectivity index (χ0n) is 19.0. The van der Waals surface area contributed by atoms with Crippen molar-refractivity contribution < 1.29 is 34.7 Å². The van der Waals surface area contributed by atoms with Crippen LogP contribution in [0.4, 0.5) is 4.79 Å². The summed E-state index contributed by atoms with van der Waals surface area (Å²) in [6.07, 6.45) is -2.14. The standard InChI is InChI=1S/C24H27N3O7/c1-24(2,3)34-23(32)27-7-6-14(11-27)15-8-13(19-16(9-15)10-25-26-19)4-5-17-20(29)22(31)21(30)18(12-28)33-17/h6-11,17-18,20-22,28-31H,12H2,1-3H3,(H,25,26)/t17-,18-,20-,21-,22-/m1/s1.